The number of allylic oxidation sites excluding steroid dienone is 5. The first-order chi connectivity index (χ1) is 17.5. The van der Waals surface area contributed by atoms with Gasteiger partial charge in [0.25, 0.3) is 0 Å². The molecule has 0 amide bonds. The van der Waals surface area contributed by atoms with Crippen LogP contribution in [0.25, 0.3) is 16.0 Å². The van der Waals surface area contributed by atoms with Gasteiger partial charge in [0.2, 0.25) is 0 Å². The highest BCUT2D eigenvalue weighted by Crippen LogP contribution is 2.35. The van der Waals surface area contributed by atoms with Gasteiger partial charge in [0.15, 0.2) is 6.61 Å². The van der Waals surface area contributed by atoms with Crippen LogP contribution in [-0.4, -0.2) is 22.7 Å². The third-order valence-electron chi connectivity index (χ3n) is 4.48. The third kappa shape index (κ3) is 9.19. The lowest BCUT2D eigenvalue weighted by molar-refractivity contribution is -0.139. The average Bonchev–Trinajstić information content (AvgIpc) is 3.34. The highest BCUT2D eigenvalue weighted by atomic mass is 32.1. The van der Waals surface area contributed by atoms with Crippen molar-refractivity contribution in [1.82, 2.24) is 4.98 Å². The summed E-state index contributed by atoms with van der Waals surface area (Å²) in [5, 5.41) is 9.62. The molecule has 0 aliphatic heterocycles. The van der Waals surface area contributed by atoms with E-state index >= 15 is 0 Å². The Kier molecular flexibility index (Phi) is 14.3. The molecule has 3 rings (SSSR count). The van der Waals surface area contributed by atoms with E-state index in [0.29, 0.717) is 18.1 Å². The number of nitrogens with zero attached hydrogens (tertiary/aromatic N) is 1. The molecule has 0 fully saturated rings. The van der Waals surface area contributed by atoms with Crippen LogP contribution in [0.15, 0.2) is 79.4 Å². The lowest BCUT2D eigenvalue weighted by Gasteiger charge is -2.09. The molecule has 1 aromatic heterocycles. The summed E-state index contributed by atoms with van der Waals surface area (Å²) in [6, 6.07) is 15.5. The zero-order chi connectivity index (χ0) is 26.9. The molecule has 0 bridgehead atoms. The minimum atomic E-state index is -1.01. The molecule has 0 aliphatic carbocycles. The maximum absolute atomic E-state index is 10.7. The standard InChI is InChI=1S/C26H25NO4S.2C2H6/c1-4-9-19(10-5-2)25-26(20-11-7-6-8-12-20)32-23(27-25)16-30-21-13-14-22(18(3)15-21)31-17-24(28)29;2*1-2/h4-15H,1,16-17H2,2-3H3,(H,28,29);2*1-2H3/b10-5-,19-9+;;. The Bertz CT molecular complexity index is 1150. The van der Waals surface area contributed by atoms with Crippen molar-refractivity contribution in [2.24, 2.45) is 0 Å². The molecule has 3 aromatic rings. The number of carboxylic acids is 1. The fourth-order valence-corrected chi connectivity index (χ4v) is 4.09. The van der Waals surface area contributed by atoms with Gasteiger partial charge in [0, 0.05) is 5.57 Å². The molecule has 36 heavy (non-hydrogen) atoms. The summed E-state index contributed by atoms with van der Waals surface area (Å²) in [6.07, 6.45) is 7.71. The van der Waals surface area contributed by atoms with Crippen LogP contribution in [-0.2, 0) is 11.4 Å². The summed E-state index contributed by atoms with van der Waals surface area (Å²) in [5.74, 6) is 0.174. The van der Waals surface area contributed by atoms with E-state index in [9.17, 15) is 4.79 Å². The van der Waals surface area contributed by atoms with Gasteiger partial charge < -0.3 is 14.6 Å². The second kappa shape index (κ2) is 16.9. The van der Waals surface area contributed by atoms with Gasteiger partial charge in [-0.1, -0.05) is 88.9 Å². The Balaban J connectivity index is 0.00000154. The van der Waals surface area contributed by atoms with Gasteiger partial charge in [-0.3, -0.25) is 0 Å². The maximum atomic E-state index is 10.7. The van der Waals surface area contributed by atoms with Gasteiger partial charge >= 0.3 is 5.97 Å². The second-order valence-electron chi connectivity index (χ2n) is 6.91. The van der Waals surface area contributed by atoms with Crippen molar-refractivity contribution in [3.63, 3.8) is 0 Å². The Morgan fingerprint density at radius 1 is 1.08 bits per heavy atom. The molecule has 0 spiro atoms. The first-order valence-electron chi connectivity index (χ1n) is 12.1. The van der Waals surface area contributed by atoms with Gasteiger partial charge in [-0.15, -0.1) is 11.3 Å². The van der Waals surface area contributed by atoms with Crippen LogP contribution in [0.2, 0.25) is 0 Å². The maximum Gasteiger partial charge on any atom is 0.341 e. The predicted octanol–water partition coefficient (Wildman–Crippen LogP) is 8.36. The van der Waals surface area contributed by atoms with Crippen LogP contribution in [0.4, 0.5) is 0 Å². The molecule has 0 aliphatic rings. The molecule has 2 aromatic carbocycles. The van der Waals surface area contributed by atoms with Gasteiger partial charge in [-0.05, 0) is 43.2 Å². The molecule has 1 heterocycles. The Morgan fingerprint density at radius 2 is 1.78 bits per heavy atom. The molecular formula is C30H37NO4S. The van der Waals surface area contributed by atoms with E-state index in [2.05, 4.69) is 18.7 Å². The number of rotatable bonds is 10. The minimum Gasteiger partial charge on any atom is -0.486 e. The fraction of sp³-hybridized carbons (Fsp3) is 0.267. The molecule has 192 valence electrons. The molecular weight excluding hydrogens is 470 g/mol. The molecule has 6 heteroatoms. The van der Waals surface area contributed by atoms with Crippen LogP contribution in [0.1, 0.15) is 50.9 Å². The largest absolute Gasteiger partial charge is 0.486 e. The Morgan fingerprint density at radius 3 is 2.36 bits per heavy atom. The monoisotopic (exact) mass is 507 g/mol. The van der Waals surface area contributed by atoms with Crippen molar-refractivity contribution < 1.29 is 19.4 Å². The Hall–Kier alpha value is -3.64. The zero-order valence-electron chi connectivity index (χ0n) is 22.1. The number of aliphatic carboxylic acids is 1. The molecule has 0 radical (unpaired) electrons. The fourth-order valence-electron chi connectivity index (χ4n) is 3.09. The van der Waals surface area contributed by atoms with Gasteiger partial charge in [-0.25, -0.2) is 9.78 Å². The molecule has 0 saturated carbocycles. The first kappa shape index (κ1) is 30.4. The smallest absolute Gasteiger partial charge is 0.341 e. The van der Waals surface area contributed by atoms with Crippen LogP contribution in [0, 0.1) is 6.92 Å². The molecule has 1 N–H and O–H groups in total. The molecule has 0 saturated heterocycles. The third-order valence-corrected chi connectivity index (χ3v) is 5.56. The van der Waals surface area contributed by atoms with Crippen molar-refractivity contribution in [3.05, 3.63) is 95.7 Å². The highest BCUT2D eigenvalue weighted by molar-refractivity contribution is 7.15. The quantitative estimate of drug-likeness (QED) is 0.279. The number of carbonyl (C=O) groups is 1. The summed E-state index contributed by atoms with van der Waals surface area (Å²) in [4.78, 5) is 16.6. The number of ether oxygens (including phenoxy) is 2. The molecule has 0 atom stereocenters. The number of aromatic nitrogens is 1. The summed E-state index contributed by atoms with van der Waals surface area (Å²) in [6.45, 7) is 15.6. The van der Waals surface area contributed by atoms with Crippen LogP contribution in [0.3, 0.4) is 0 Å². The van der Waals surface area contributed by atoms with Crippen LogP contribution < -0.4 is 9.47 Å². The number of carboxylic acid groups (broad SMARTS) is 1. The SMILES string of the molecule is C=C/C=C(\C=C/C)c1nc(COc2ccc(OCC(=O)O)c(C)c2)sc1-c1ccccc1.CC.CC. The van der Waals surface area contributed by atoms with Gasteiger partial charge in [-0.2, -0.15) is 0 Å². The number of thiazole rings is 1. The van der Waals surface area contributed by atoms with Gasteiger partial charge in [0.1, 0.15) is 23.1 Å². The topological polar surface area (TPSA) is 68.7 Å². The van der Waals surface area contributed by atoms with E-state index in [1.165, 1.54) is 0 Å². The predicted molar refractivity (Wildman–Crippen MR) is 152 cm³/mol. The van der Waals surface area contributed by atoms with E-state index < -0.39 is 5.97 Å². The van der Waals surface area contributed by atoms with Crippen molar-refractivity contribution in [1.29, 1.82) is 0 Å². The van der Waals surface area contributed by atoms with E-state index in [4.69, 9.17) is 19.6 Å². The summed E-state index contributed by atoms with van der Waals surface area (Å²) in [5.41, 5.74) is 3.78. The van der Waals surface area contributed by atoms with E-state index in [1.807, 2.05) is 84.0 Å². The summed E-state index contributed by atoms with van der Waals surface area (Å²) in [7, 11) is 0. The normalized spacial score (nSPS) is 10.6. The average molecular weight is 508 g/mol. The van der Waals surface area contributed by atoms with Crippen molar-refractivity contribution in [2.45, 2.75) is 48.1 Å². The van der Waals surface area contributed by atoms with E-state index in [0.717, 1.165) is 32.3 Å². The number of hydrogen-bond acceptors (Lipinski definition) is 5. The van der Waals surface area contributed by atoms with Gasteiger partial charge in [0.05, 0.1) is 10.6 Å². The van der Waals surface area contributed by atoms with E-state index in [1.54, 1.807) is 29.5 Å². The lowest BCUT2D eigenvalue weighted by atomic mass is 10.1. The van der Waals surface area contributed by atoms with Crippen LogP contribution >= 0.6 is 11.3 Å². The minimum absolute atomic E-state index is 0.316. The number of aryl methyl sites for hydroxylation is 1. The summed E-state index contributed by atoms with van der Waals surface area (Å²) < 4.78 is 11.2. The second-order valence-corrected chi connectivity index (χ2v) is 7.99. The van der Waals surface area contributed by atoms with E-state index in [-0.39, 0.29) is 6.61 Å². The first-order valence-corrected chi connectivity index (χ1v) is 12.9. The lowest BCUT2D eigenvalue weighted by Crippen LogP contribution is -2.10. The number of hydrogen-bond donors (Lipinski definition) is 1. The number of benzene rings is 2. The molecule has 5 nitrogen and oxygen atoms in total. The Labute approximate surface area is 219 Å². The van der Waals surface area contributed by atoms with Crippen molar-refractivity contribution in [2.75, 3.05) is 6.61 Å². The van der Waals surface area contributed by atoms with Crippen molar-refractivity contribution in [3.8, 4) is 21.9 Å². The van der Waals surface area contributed by atoms with Crippen molar-refractivity contribution >= 4 is 22.9 Å². The zero-order valence-corrected chi connectivity index (χ0v) is 22.9. The molecule has 0 unspecified atom stereocenters. The summed E-state index contributed by atoms with van der Waals surface area (Å²) >= 11 is 1.60. The van der Waals surface area contributed by atoms with Crippen LogP contribution in [0.5, 0.6) is 11.5 Å². The highest BCUT2D eigenvalue weighted by Gasteiger charge is 2.16.